The molecule has 1 aromatic carbocycles. The summed E-state index contributed by atoms with van der Waals surface area (Å²) in [5.41, 5.74) is 1.58. The number of amides is 1. The van der Waals surface area contributed by atoms with Gasteiger partial charge in [-0.1, -0.05) is 0 Å². The first-order valence-corrected chi connectivity index (χ1v) is 7.92. The fourth-order valence-electron chi connectivity index (χ4n) is 1.67. The van der Waals surface area contributed by atoms with Crippen molar-refractivity contribution in [3.8, 4) is 5.75 Å². The summed E-state index contributed by atoms with van der Waals surface area (Å²) in [6.07, 6.45) is 0. The molecule has 0 aliphatic heterocycles. The molecule has 6 nitrogen and oxygen atoms in total. The van der Waals surface area contributed by atoms with E-state index in [2.05, 4.69) is 26.2 Å². The molecular formula is C14H13BrN2O4S. The van der Waals surface area contributed by atoms with Crippen molar-refractivity contribution in [2.75, 3.05) is 11.9 Å². The van der Waals surface area contributed by atoms with Gasteiger partial charge in [-0.2, -0.15) is 0 Å². The number of halogens is 1. The zero-order valence-electron chi connectivity index (χ0n) is 11.8. The van der Waals surface area contributed by atoms with Crippen LogP contribution in [0.15, 0.2) is 22.0 Å². The zero-order valence-corrected chi connectivity index (χ0v) is 14.2. The highest BCUT2D eigenvalue weighted by molar-refractivity contribution is 9.10. The molecule has 2 aromatic rings. The molecular weight excluding hydrogens is 372 g/mol. The number of aryl methyl sites for hydroxylation is 2. The summed E-state index contributed by atoms with van der Waals surface area (Å²) >= 11 is 4.43. The van der Waals surface area contributed by atoms with Crippen LogP contribution in [0.2, 0.25) is 0 Å². The van der Waals surface area contributed by atoms with Gasteiger partial charge >= 0.3 is 5.97 Å². The van der Waals surface area contributed by atoms with Crippen LogP contribution in [0.5, 0.6) is 5.75 Å². The van der Waals surface area contributed by atoms with Gasteiger partial charge in [-0.05, 0) is 47.5 Å². The summed E-state index contributed by atoms with van der Waals surface area (Å²) in [4.78, 5) is 27.7. The number of nitrogens with one attached hydrogen (secondary N) is 1. The highest BCUT2D eigenvalue weighted by Gasteiger charge is 2.17. The van der Waals surface area contributed by atoms with Gasteiger partial charge in [-0.15, -0.1) is 11.3 Å². The first-order chi connectivity index (χ1) is 10.4. The lowest BCUT2D eigenvalue weighted by Crippen LogP contribution is -2.21. The normalized spacial score (nSPS) is 10.3. The molecule has 0 fully saturated rings. The second kappa shape index (κ2) is 6.89. The maximum atomic E-state index is 11.9. The van der Waals surface area contributed by atoms with E-state index in [9.17, 15) is 14.7 Å². The molecule has 8 heteroatoms. The van der Waals surface area contributed by atoms with Gasteiger partial charge in [-0.25, -0.2) is 9.78 Å². The number of thiazole rings is 1. The van der Waals surface area contributed by atoms with E-state index < -0.39 is 18.5 Å². The third kappa shape index (κ3) is 4.05. The van der Waals surface area contributed by atoms with E-state index in [1.807, 2.05) is 6.92 Å². The van der Waals surface area contributed by atoms with Gasteiger partial charge in [0.2, 0.25) is 0 Å². The van der Waals surface area contributed by atoms with Crippen molar-refractivity contribution >= 4 is 44.3 Å². The van der Waals surface area contributed by atoms with Gasteiger partial charge in [0.1, 0.15) is 11.3 Å². The number of rotatable bonds is 4. The number of anilines is 1. The second-order valence-electron chi connectivity index (χ2n) is 4.56. The Morgan fingerprint density at radius 1 is 1.41 bits per heavy atom. The topological polar surface area (TPSA) is 88.5 Å². The minimum Gasteiger partial charge on any atom is -0.506 e. The van der Waals surface area contributed by atoms with E-state index >= 15 is 0 Å². The SMILES string of the molecule is Cc1cc(Br)c(O)c(C(=O)OCC(=O)Nc2nc(C)cs2)c1. The lowest BCUT2D eigenvalue weighted by Gasteiger charge is -2.08. The van der Waals surface area contributed by atoms with Crippen molar-refractivity contribution in [3.05, 3.63) is 38.8 Å². The predicted octanol–water partition coefficient (Wildman–Crippen LogP) is 3.02. The minimum atomic E-state index is -0.771. The first-order valence-electron chi connectivity index (χ1n) is 6.25. The lowest BCUT2D eigenvalue weighted by molar-refractivity contribution is -0.119. The summed E-state index contributed by atoms with van der Waals surface area (Å²) < 4.78 is 5.30. The summed E-state index contributed by atoms with van der Waals surface area (Å²) in [7, 11) is 0. The Bertz CT molecular complexity index is 730. The van der Waals surface area contributed by atoms with Crippen LogP contribution in [0.1, 0.15) is 21.6 Å². The molecule has 0 bridgehead atoms. The van der Waals surface area contributed by atoms with Crippen molar-refractivity contribution in [3.63, 3.8) is 0 Å². The summed E-state index contributed by atoms with van der Waals surface area (Å²) in [6, 6.07) is 3.16. The van der Waals surface area contributed by atoms with Gasteiger partial charge < -0.3 is 9.84 Å². The molecule has 0 aliphatic carbocycles. The Morgan fingerprint density at radius 3 is 2.77 bits per heavy atom. The fourth-order valence-corrected chi connectivity index (χ4v) is 2.94. The molecule has 1 aromatic heterocycles. The van der Waals surface area contributed by atoms with E-state index in [0.29, 0.717) is 9.60 Å². The van der Waals surface area contributed by atoms with Crippen LogP contribution in [-0.2, 0) is 9.53 Å². The monoisotopic (exact) mass is 384 g/mol. The Kier molecular flexibility index (Phi) is 5.15. The molecule has 2 N–H and O–H groups in total. The van der Waals surface area contributed by atoms with E-state index in [1.54, 1.807) is 18.4 Å². The van der Waals surface area contributed by atoms with Crippen LogP contribution in [0, 0.1) is 13.8 Å². The van der Waals surface area contributed by atoms with Gasteiger partial charge in [-0.3, -0.25) is 10.1 Å². The Labute approximate surface area is 139 Å². The number of phenols is 1. The highest BCUT2D eigenvalue weighted by Crippen LogP contribution is 2.29. The summed E-state index contributed by atoms with van der Waals surface area (Å²) in [5.74, 6) is -1.48. The number of carbonyl (C=O) groups excluding carboxylic acids is 2. The van der Waals surface area contributed by atoms with Crippen LogP contribution in [-0.4, -0.2) is 28.6 Å². The number of ether oxygens (including phenoxy) is 1. The third-order valence-electron chi connectivity index (χ3n) is 2.63. The molecule has 0 saturated heterocycles. The van der Waals surface area contributed by atoms with Gasteiger partial charge in [0.25, 0.3) is 5.91 Å². The maximum Gasteiger partial charge on any atom is 0.342 e. The van der Waals surface area contributed by atoms with Crippen molar-refractivity contribution < 1.29 is 19.4 Å². The number of carbonyl (C=O) groups is 2. The highest BCUT2D eigenvalue weighted by atomic mass is 79.9. The van der Waals surface area contributed by atoms with Crippen LogP contribution in [0.4, 0.5) is 5.13 Å². The molecule has 1 heterocycles. The van der Waals surface area contributed by atoms with Gasteiger partial charge in [0, 0.05) is 5.38 Å². The van der Waals surface area contributed by atoms with Crippen molar-refractivity contribution in [1.82, 2.24) is 4.98 Å². The molecule has 0 spiro atoms. The molecule has 22 heavy (non-hydrogen) atoms. The molecule has 0 radical (unpaired) electrons. The number of benzene rings is 1. The Balaban J connectivity index is 1.96. The van der Waals surface area contributed by atoms with Crippen LogP contribution in [0.3, 0.4) is 0 Å². The van der Waals surface area contributed by atoms with Gasteiger partial charge in [0.15, 0.2) is 11.7 Å². The molecule has 1 amide bonds. The van der Waals surface area contributed by atoms with Crippen molar-refractivity contribution in [2.45, 2.75) is 13.8 Å². The molecule has 0 unspecified atom stereocenters. The number of hydrogen-bond acceptors (Lipinski definition) is 6. The van der Waals surface area contributed by atoms with Gasteiger partial charge in [0.05, 0.1) is 10.2 Å². The van der Waals surface area contributed by atoms with Crippen LogP contribution < -0.4 is 5.32 Å². The molecule has 2 rings (SSSR count). The largest absolute Gasteiger partial charge is 0.506 e. The third-order valence-corrected chi connectivity index (χ3v) is 4.11. The minimum absolute atomic E-state index is 0.00441. The number of phenolic OH excluding ortho intramolecular Hbond substituents is 1. The number of aromatic hydroxyl groups is 1. The molecule has 0 saturated carbocycles. The molecule has 116 valence electrons. The first kappa shape index (κ1) is 16.4. The Morgan fingerprint density at radius 2 is 2.14 bits per heavy atom. The van der Waals surface area contributed by atoms with E-state index in [1.165, 1.54) is 17.4 Å². The van der Waals surface area contributed by atoms with Crippen LogP contribution >= 0.6 is 27.3 Å². The second-order valence-corrected chi connectivity index (χ2v) is 6.27. The smallest absolute Gasteiger partial charge is 0.342 e. The number of esters is 1. The number of hydrogen-bond donors (Lipinski definition) is 2. The maximum absolute atomic E-state index is 11.9. The predicted molar refractivity (Wildman–Crippen MR) is 86.3 cm³/mol. The molecule has 0 atom stereocenters. The summed E-state index contributed by atoms with van der Waals surface area (Å²) in [6.45, 7) is 3.13. The quantitative estimate of drug-likeness (QED) is 0.790. The van der Waals surface area contributed by atoms with E-state index in [0.717, 1.165) is 11.3 Å². The lowest BCUT2D eigenvalue weighted by atomic mass is 10.1. The van der Waals surface area contributed by atoms with E-state index in [4.69, 9.17) is 4.74 Å². The van der Waals surface area contributed by atoms with E-state index in [-0.39, 0.29) is 11.3 Å². The summed E-state index contributed by atoms with van der Waals surface area (Å²) in [5, 5.41) is 14.6. The molecule has 0 aliphatic rings. The van der Waals surface area contributed by atoms with Crippen molar-refractivity contribution in [1.29, 1.82) is 0 Å². The Hall–Kier alpha value is -1.93. The van der Waals surface area contributed by atoms with Crippen LogP contribution in [0.25, 0.3) is 0 Å². The fraction of sp³-hybridized carbons (Fsp3) is 0.214. The average Bonchev–Trinajstić information content (AvgIpc) is 2.85. The number of nitrogens with zero attached hydrogens (tertiary/aromatic N) is 1. The number of aromatic nitrogens is 1. The standard InChI is InChI=1S/C14H13BrN2O4S/c1-7-3-9(12(19)10(15)4-7)13(20)21-5-11(18)17-14-16-8(2)6-22-14/h3-4,6,19H,5H2,1-2H3,(H,16,17,18). The zero-order chi connectivity index (χ0) is 16.3. The average molecular weight is 385 g/mol. The van der Waals surface area contributed by atoms with Crippen molar-refractivity contribution in [2.24, 2.45) is 0 Å².